The molecule has 144 valence electrons. The average Bonchev–Trinajstić information content (AvgIpc) is 2.93. The highest BCUT2D eigenvalue weighted by atomic mass is 35.5. The second-order valence-electron chi connectivity index (χ2n) is 7.22. The molecule has 0 bridgehead atoms. The van der Waals surface area contributed by atoms with Crippen molar-refractivity contribution in [3.05, 3.63) is 39.5 Å². The summed E-state index contributed by atoms with van der Waals surface area (Å²) in [7, 11) is 0. The van der Waals surface area contributed by atoms with Crippen LogP contribution in [0.1, 0.15) is 37.7 Å². The van der Waals surface area contributed by atoms with E-state index in [4.69, 9.17) is 27.9 Å². The van der Waals surface area contributed by atoms with Gasteiger partial charge < -0.3 is 9.64 Å². The molecule has 0 spiro atoms. The minimum absolute atomic E-state index is 0.0293. The largest absolute Gasteiger partial charge is 0.378 e. The molecule has 0 unspecified atom stereocenters. The molecule has 0 N–H and O–H groups in total. The van der Waals surface area contributed by atoms with Gasteiger partial charge in [0.2, 0.25) is 0 Å². The fourth-order valence-electron chi connectivity index (χ4n) is 4.22. The van der Waals surface area contributed by atoms with Crippen molar-refractivity contribution in [2.75, 3.05) is 26.3 Å². The van der Waals surface area contributed by atoms with Crippen LogP contribution in [-0.4, -0.2) is 54.0 Å². The van der Waals surface area contributed by atoms with E-state index < -0.39 is 0 Å². The molecule has 27 heavy (non-hydrogen) atoms. The lowest BCUT2D eigenvalue weighted by Gasteiger charge is -2.32. The van der Waals surface area contributed by atoms with Crippen LogP contribution in [0.25, 0.3) is 5.57 Å². The van der Waals surface area contributed by atoms with E-state index in [0.29, 0.717) is 53.2 Å². The smallest absolute Gasteiger partial charge is 0.278 e. The van der Waals surface area contributed by atoms with Crippen LogP contribution in [0, 0.1) is 0 Å². The summed E-state index contributed by atoms with van der Waals surface area (Å²) in [6.45, 7) is 2.25. The Morgan fingerprint density at radius 1 is 0.963 bits per heavy atom. The van der Waals surface area contributed by atoms with Gasteiger partial charge in [0.15, 0.2) is 0 Å². The van der Waals surface area contributed by atoms with Crippen molar-refractivity contribution < 1.29 is 14.3 Å². The van der Waals surface area contributed by atoms with Crippen molar-refractivity contribution in [3.8, 4) is 0 Å². The van der Waals surface area contributed by atoms with Crippen molar-refractivity contribution >= 4 is 40.6 Å². The SMILES string of the molecule is O=C1C(c2ccc(Cl)cc2Cl)=C(N2CCOCC2)C(=O)N1C1CCCCC1. The number of ether oxygens (including phenoxy) is 1. The van der Waals surface area contributed by atoms with E-state index in [1.165, 1.54) is 4.90 Å². The molecule has 4 rings (SSSR count). The van der Waals surface area contributed by atoms with Crippen LogP contribution in [0.2, 0.25) is 10.0 Å². The summed E-state index contributed by atoms with van der Waals surface area (Å²) in [5.41, 5.74) is 1.42. The van der Waals surface area contributed by atoms with Gasteiger partial charge in [-0.3, -0.25) is 14.5 Å². The first-order valence-electron chi connectivity index (χ1n) is 9.48. The van der Waals surface area contributed by atoms with Gasteiger partial charge in [-0.15, -0.1) is 0 Å². The number of carbonyl (C=O) groups excluding carboxylic acids is 2. The minimum Gasteiger partial charge on any atom is -0.378 e. The number of halogens is 2. The normalized spacial score (nSPS) is 22.1. The van der Waals surface area contributed by atoms with Crippen molar-refractivity contribution in [1.82, 2.24) is 9.80 Å². The van der Waals surface area contributed by atoms with E-state index in [1.807, 2.05) is 4.90 Å². The van der Waals surface area contributed by atoms with Crippen LogP contribution < -0.4 is 0 Å². The second-order valence-corrected chi connectivity index (χ2v) is 8.06. The molecular weight excluding hydrogens is 387 g/mol. The van der Waals surface area contributed by atoms with Crippen LogP contribution in [0.3, 0.4) is 0 Å². The van der Waals surface area contributed by atoms with E-state index in [-0.39, 0.29) is 17.9 Å². The Labute approximate surface area is 168 Å². The number of carbonyl (C=O) groups is 2. The zero-order valence-electron chi connectivity index (χ0n) is 15.0. The van der Waals surface area contributed by atoms with Gasteiger partial charge in [-0.25, -0.2) is 0 Å². The van der Waals surface area contributed by atoms with E-state index in [9.17, 15) is 9.59 Å². The first-order valence-corrected chi connectivity index (χ1v) is 10.2. The highest BCUT2D eigenvalue weighted by Gasteiger charge is 2.45. The molecule has 1 aromatic carbocycles. The van der Waals surface area contributed by atoms with Gasteiger partial charge in [0.25, 0.3) is 11.8 Å². The zero-order chi connectivity index (χ0) is 19.0. The highest BCUT2D eigenvalue weighted by Crippen LogP contribution is 2.39. The highest BCUT2D eigenvalue weighted by molar-refractivity contribution is 6.41. The summed E-state index contributed by atoms with van der Waals surface area (Å²) in [4.78, 5) is 30.2. The number of hydrogen-bond donors (Lipinski definition) is 0. The third kappa shape index (κ3) is 3.48. The molecule has 2 amide bonds. The first kappa shape index (κ1) is 18.8. The monoisotopic (exact) mass is 408 g/mol. The lowest BCUT2D eigenvalue weighted by Crippen LogP contribution is -2.45. The zero-order valence-corrected chi connectivity index (χ0v) is 16.6. The third-order valence-corrected chi connectivity index (χ3v) is 6.11. The Kier molecular flexibility index (Phi) is 5.44. The third-order valence-electron chi connectivity index (χ3n) is 5.56. The number of benzene rings is 1. The lowest BCUT2D eigenvalue weighted by molar-refractivity contribution is -0.141. The quantitative estimate of drug-likeness (QED) is 0.714. The average molecular weight is 409 g/mol. The molecule has 0 atom stereocenters. The van der Waals surface area contributed by atoms with Crippen LogP contribution in [0.4, 0.5) is 0 Å². The molecule has 2 heterocycles. The van der Waals surface area contributed by atoms with E-state index in [2.05, 4.69) is 0 Å². The first-order chi connectivity index (χ1) is 13.1. The predicted molar refractivity (Wildman–Crippen MR) is 105 cm³/mol. The molecule has 3 aliphatic rings. The molecule has 1 aromatic rings. The van der Waals surface area contributed by atoms with Crippen LogP contribution in [-0.2, 0) is 14.3 Å². The molecule has 0 aromatic heterocycles. The standard InChI is InChI=1S/C20H22Cl2N2O3/c21-13-6-7-15(16(22)12-13)17-18(23-8-10-27-11-9-23)20(26)24(19(17)25)14-4-2-1-3-5-14/h6-7,12,14H,1-5,8-11H2. The van der Waals surface area contributed by atoms with Crippen molar-refractivity contribution in [3.63, 3.8) is 0 Å². The topological polar surface area (TPSA) is 49.9 Å². The van der Waals surface area contributed by atoms with Crippen LogP contribution in [0.5, 0.6) is 0 Å². The van der Waals surface area contributed by atoms with Crippen molar-refractivity contribution in [2.45, 2.75) is 38.1 Å². The maximum absolute atomic E-state index is 13.4. The lowest BCUT2D eigenvalue weighted by atomic mass is 9.94. The van der Waals surface area contributed by atoms with E-state index >= 15 is 0 Å². The van der Waals surface area contributed by atoms with Gasteiger partial charge in [0, 0.05) is 29.7 Å². The van der Waals surface area contributed by atoms with E-state index in [1.54, 1.807) is 18.2 Å². The van der Waals surface area contributed by atoms with E-state index in [0.717, 1.165) is 32.1 Å². The van der Waals surface area contributed by atoms with Gasteiger partial charge in [0.1, 0.15) is 5.70 Å². The van der Waals surface area contributed by atoms with Crippen LogP contribution in [0.15, 0.2) is 23.9 Å². The van der Waals surface area contributed by atoms with Gasteiger partial charge in [-0.05, 0) is 25.0 Å². The molecule has 7 heteroatoms. The summed E-state index contributed by atoms with van der Waals surface area (Å²) in [5, 5.41) is 0.882. The summed E-state index contributed by atoms with van der Waals surface area (Å²) in [5.74, 6) is -0.438. The number of rotatable bonds is 3. The molecule has 1 saturated heterocycles. The Bertz CT molecular complexity index is 796. The summed E-state index contributed by atoms with van der Waals surface area (Å²) in [6.07, 6.45) is 4.99. The number of nitrogens with zero attached hydrogens (tertiary/aromatic N) is 2. The Morgan fingerprint density at radius 2 is 1.67 bits per heavy atom. The molecule has 2 fully saturated rings. The van der Waals surface area contributed by atoms with Gasteiger partial charge in [-0.2, -0.15) is 0 Å². The van der Waals surface area contributed by atoms with Gasteiger partial charge in [-0.1, -0.05) is 48.5 Å². The Hall–Kier alpha value is -1.56. The maximum atomic E-state index is 13.4. The fourth-order valence-corrected chi connectivity index (χ4v) is 4.72. The second kappa shape index (κ2) is 7.82. The molecular formula is C20H22Cl2N2O3. The predicted octanol–water partition coefficient (Wildman–Crippen LogP) is 3.74. The molecule has 0 radical (unpaired) electrons. The van der Waals surface area contributed by atoms with Crippen LogP contribution >= 0.6 is 23.2 Å². The van der Waals surface area contributed by atoms with Crippen molar-refractivity contribution in [2.24, 2.45) is 0 Å². The Morgan fingerprint density at radius 3 is 2.33 bits per heavy atom. The molecule has 1 saturated carbocycles. The Balaban J connectivity index is 1.79. The fraction of sp³-hybridized carbons (Fsp3) is 0.500. The summed E-state index contributed by atoms with van der Waals surface area (Å²) >= 11 is 12.5. The number of morpholine rings is 1. The maximum Gasteiger partial charge on any atom is 0.278 e. The van der Waals surface area contributed by atoms with Gasteiger partial charge >= 0.3 is 0 Å². The minimum atomic E-state index is -0.238. The summed E-state index contributed by atoms with van der Waals surface area (Å²) < 4.78 is 5.43. The molecule has 1 aliphatic carbocycles. The molecule has 2 aliphatic heterocycles. The van der Waals surface area contributed by atoms with Crippen molar-refractivity contribution in [1.29, 1.82) is 0 Å². The molecule has 5 nitrogen and oxygen atoms in total. The number of imide groups is 1. The number of amides is 2. The number of hydrogen-bond acceptors (Lipinski definition) is 4. The summed E-state index contributed by atoms with van der Waals surface area (Å²) in [6, 6.07) is 5.02. The van der Waals surface area contributed by atoms with Gasteiger partial charge in [0.05, 0.1) is 23.8 Å².